The second kappa shape index (κ2) is 10.9. The summed E-state index contributed by atoms with van der Waals surface area (Å²) in [5.74, 6) is -1.07. The van der Waals surface area contributed by atoms with E-state index < -0.39 is 27.9 Å². The maximum absolute atomic E-state index is 13.0. The van der Waals surface area contributed by atoms with E-state index >= 15 is 0 Å². The molecule has 35 heavy (non-hydrogen) atoms. The van der Waals surface area contributed by atoms with Gasteiger partial charge in [-0.15, -0.1) is 0 Å². The summed E-state index contributed by atoms with van der Waals surface area (Å²) in [7, 11) is -2.87. The Balaban J connectivity index is 1.74. The first kappa shape index (κ1) is 26.2. The quantitative estimate of drug-likeness (QED) is 0.424. The van der Waals surface area contributed by atoms with Crippen LogP contribution in [-0.2, 0) is 27.7 Å². The van der Waals surface area contributed by atoms with Crippen molar-refractivity contribution in [3.05, 3.63) is 77.2 Å². The van der Waals surface area contributed by atoms with Crippen LogP contribution in [0.3, 0.4) is 0 Å². The number of methoxy groups -OCH3 is 1. The minimum absolute atomic E-state index is 0.00669. The number of anilines is 2. The molecule has 0 spiro atoms. The largest absolute Gasteiger partial charge is 0.431 e. The second-order valence-corrected chi connectivity index (χ2v) is 9.11. The molecular weight excluding hydrogens is 489 g/mol. The molecule has 0 aliphatic carbocycles. The summed E-state index contributed by atoms with van der Waals surface area (Å²) in [6, 6.07) is 11.6. The molecule has 2 aromatic carbocycles. The average molecular weight is 513 g/mol. The number of nitrogens with one attached hydrogen (secondary N) is 2. The van der Waals surface area contributed by atoms with Gasteiger partial charge in [-0.05, 0) is 30.2 Å². The number of carbonyl (C=O) groups excluding carboxylic acids is 1. The Morgan fingerprint density at radius 1 is 1.17 bits per heavy atom. The summed E-state index contributed by atoms with van der Waals surface area (Å²) < 4.78 is 77.7. The van der Waals surface area contributed by atoms with Gasteiger partial charge < -0.3 is 14.5 Å². The van der Waals surface area contributed by atoms with Crippen LogP contribution in [0.5, 0.6) is 0 Å². The molecule has 188 valence electrons. The van der Waals surface area contributed by atoms with E-state index in [1.165, 1.54) is 13.2 Å². The Hall–Kier alpha value is -3.42. The van der Waals surface area contributed by atoms with Crippen LogP contribution in [0, 0.1) is 6.92 Å². The number of oxazole rings is 1. The molecule has 0 fully saturated rings. The van der Waals surface area contributed by atoms with E-state index in [1.807, 2.05) is 4.72 Å². The van der Waals surface area contributed by atoms with E-state index in [-0.39, 0.29) is 37.1 Å². The number of hydrogen-bond donors (Lipinski definition) is 2. The molecule has 0 unspecified atom stereocenters. The highest BCUT2D eigenvalue weighted by molar-refractivity contribution is 7.87. The van der Waals surface area contributed by atoms with Gasteiger partial charge in [-0.3, -0.25) is 4.79 Å². The van der Waals surface area contributed by atoms with Crippen molar-refractivity contribution >= 4 is 27.8 Å². The van der Waals surface area contributed by atoms with Crippen molar-refractivity contribution in [3.8, 4) is 0 Å². The topological polar surface area (TPSA) is 114 Å². The Morgan fingerprint density at radius 3 is 2.54 bits per heavy atom. The third kappa shape index (κ3) is 7.04. The lowest BCUT2D eigenvalue weighted by Gasteiger charge is -2.21. The molecule has 1 amide bonds. The standard InChI is InChI=1S/C22H23F3N4O5S/c1-15-8-9-17(22(23,24)25)12-18(15)26-21-27-19(14-34-21)20(30)28-35(31,32)29(10-11-33-2)13-16-6-4-3-5-7-16/h3-9,12,14H,10-11,13H2,1-2H3,(H,26,27)(H,28,30). The van der Waals surface area contributed by atoms with Crippen LogP contribution in [0.4, 0.5) is 24.9 Å². The first-order chi connectivity index (χ1) is 16.5. The predicted molar refractivity (Wildman–Crippen MR) is 121 cm³/mol. The van der Waals surface area contributed by atoms with Crippen molar-refractivity contribution in [2.45, 2.75) is 19.6 Å². The third-order valence-electron chi connectivity index (χ3n) is 4.85. The van der Waals surface area contributed by atoms with Gasteiger partial charge in [-0.1, -0.05) is 36.4 Å². The van der Waals surface area contributed by atoms with Gasteiger partial charge in [0.1, 0.15) is 6.26 Å². The summed E-state index contributed by atoms with van der Waals surface area (Å²) in [4.78, 5) is 16.4. The number of alkyl halides is 3. The van der Waals surface area contributed by atoms with Crippen LogP contribution >= 0.6 is 0 Å². The van der Waals surface area contributed by atoms with E-state index in [0.717, 1.165) is 22.7 Å². The van der Waals surface area contributed by atoms with Crippen molar-refractivity contribution in [2.24, 2.45) is 0 Å². The summed E-state index contributed by atoms with van der Waals surface area (Å²) in [6.45, 7) is 1.64. The molecule has 1 heterocycles. The maximum Gasteiger partial charge on any atom is 0.416 e. The van der Waals surface area contributed by atoms with E-state index in [2.05, 4.69) is 10.3 Å². The zero-order chi connectivity index (χ0) is 25.6. The molecular formula is C22H23F3N4O5S. The molecule has 3 aromatic rings. The van der Waals surface area contributed by atoms with Gasteiger partial charge in [-0.25, -0.2) is 4.72 Å². The zero-order valence-corrected chi connectivity index (χ0v) is 19.6. The van der Waals surface area contributed by atoms with E-state index in [4.69, 9.17) is 9.15 Å². The zero-order valence-electron chi connectivity index (χ0n) is 18.8. The summed E-state index contributed by atoms with van der Waals surface area (Å²) in [6.07, 6.45) is -3.65. The molecule has 0 radical (unpaired) electrons. The van der Waals surface area contributed by atoms with Gasteiger partial charge in [-0.2, -0.15) is 30.9 Å². The molecule has 0 bridgehead atoms. The first-order valence-corrected chi connectivity index (χ1v) is 11.7. The minimum Gasteiger partial charge on any atom is -0.431 e. The van der Waals surface area contributed by atoms with Crippen molar-refractivity contribution in [1.29, 1.82) is 0 Å². The molecule has 9 nitrogen and oxygen atoms in total. The van der Waals surface area contributed by atoms with Gasteiger partial charge in [0.2, 0.25) is 0 Å². The number of aryl methyl sites for hydroxylation is 1. The molecule has 0 atom stereocenters. The Kier molecular flexibility index (Phi) is 8.14. The Morgan fingerprint density at radius 2 is 1.89 bits per heavy atom. The van der Waals surface area contributed by atoms with E-state index in [9.17, 15) is 26.4 Å². The Bertz CT molecular complexity index is 1260. The molecule has 0 saturated carbocycles. The van der Waals surface area contributed by atoms with Crippen molar-refractivity contribution < 1.29 is 35.5 Å². The van der Waals surface area contributed by atoms with Gasteiger partial charge in [0.05, 0.1) is 12.2 Å². The predicted octanol–water partition coefficient (Wildman–Crippen LogP) is 3.87. The number of rotatable bonds is 10. The van der Waals surface area contributed by atoms with Crippen LogP contribution in [-0.4, -0.2) is 43.9 Å². The van der Waals surface area contributed by atoms with Crippen LogP contribution in [0.25, 0.3) is 0 Å². The highest BCUT2D eigenvalue weighted by Crippen LogP contribution is 2.33. The number of hydrogen-bond acceptors (Lipinski definition) is 7. The number of halogens is 3. The lowest BCUT2D eigenvalue weighted by molar-refractivity contribution is -0.137. The van der Waals surface area contributed by atoms with E-state index in [0.29, 0.717) is 11.1 Å². The number of aromatic nitrogens is 1. The van der Waals surface area contributed by atoms with Crippen LogP contribution < -0.4 is 10.0 Å². The normalized spacial score (nSPS) is 12.1. The number of benzene rings is 2. The molecule has 0 aliphatic heterocycles. The highest BCUT2D eigenvalue weighted by Gasteiger charge is 2.31. The van der Waals surface area contributed by atoms with Gasteiger partial charge in [0, 0.05) is 25.9 Å². The number of amides is 1. The van der Waals surface area contributed by atoms with Crippen LogP contribution in [0.15, 0.2) is 59.2 Å². The summed E-state index contributed by atoms with van der Waals surface area (Å²) in [5.41, 5.74) is -0.0250. The lowest BCUT2D eigenvalue weighted by Crippen LogP contribution is -2.44. The molecule has 3 rings (SSSR count). The fourth-order valence-electron chi connectivity index (χ4n) is 2.98. The molecule has 1 aromatic heterocycles. The average Bonchev–Trinajstić information content (AvgIpc) is 3.26. The summed E-state index contributed by atoms with van der Waals surface area (Å²) >= 11 is 0. The van der Waals surface area contributed by atoms with Crippen molar-refractivity contribution in [3.63, 3.8) is 0 Å². The first-order valence-electron chi connectivity index (χ1n) is 10.2. The number of ether oxygens (including phenoxy) is 1. The maximum atomic E-state index is 13.0. The molecule has 0 saturated heterocycles. The third-order valence-corrected chi connectivity index (χ3v) is 6.29. The van der Waals surface area contributed by atoms with Crippen molar-refractivity contribution in [1.82, 2.24) is 14.0 Å². The fraction of sp³-hybridized carbons (Fsp3) is 0.273. The van der Waals surface area contributed by atoms with Gasteiger partial charge in [0.25, 0.3) is 11.9 Å². The number of nitrogens with zero attached hydrogens (tertiary/aromatic N) is 2. The van der Waals surface area contributed by atoms with Gasteiger partial charge in [0.15, 0.2) is 5.69 Å². The van der Waals surface area contributed by atoms with Gasteiger partial charge >= 0.3 is 16.4 Å². The summed E-state index contributed by atoms with van der Waals surface area (Å²) in [5, 5.41) is 2.57. The second-order valence-electron chi connectivity index (χ2n) is 7.44. The lowest BCUT2D eigenvalue weighted by atomic mass is 10.1. The monoisotopic (exact) mass is 512 g/mol. The van der Waals surface area contributed by atoms with Crippen molar-refractivity contribution in [2.75, 3.05) is 25.6 Å². The van der Waals surface area contributed by atoms with Crippen LogP contribution in [0.2, 0.25) is 0 Å². The van der Waals surface area contributed by atoms with Crippen LogP contribution in [0.1, 0.15) is 27.2 Å². The minimum atomic E-state index is -4.55. The Labute approximate surface area is 200 Å². The smallest absolute Gasteiger partial charge is 0.416 e. The fourth-order valence-corrected chi connectivity index (χ4v) is 4.08. The molecule has 13 heteroatoms. The molecule has 0 aliphatic rings. The molecule has 2 N–H and O–H groups in total. The SMILES string of the molecule is COCCN(Cc1ccccc1)S(=O)(=O)NC(=O)c1coc(Nc2cc(C(F)(F)F)ccc2C)n1. The highest BCUT2D eigenvalue weighted by atomic mass is 32.2. The van der Waals surface area contributed by atoms with E-state index in [1.54, 1.807) is 37.3 Å². The number of carbonyl (C=O) groups is 1.